The first kappa shape index (κ1) is 19.7. The number of amides is 1. The Morgan fingerprint density at radius 2 is 2.04 bits per heavy atom. The van der Waals surface area contributed by atoms with Crippen molar-refractivity contribution in [2.45, 2.75) is 57.0 Å². The van der Waals surface area contributed by atoms with Crippen molar-refractivity contribution >= 4 is 17.6 Å². The molecule has 2 aliphatic rings. The summed E-state index contributed by atoms with van der Waals surface area (Å²) < 4.78 is 5.96. The molecule has 1 unspecified atom stereocenters. The second kappa shape index (κ2) is 10.3. The fourth-order valence-corrected chi connectivity index (χ4v) is 3.89. The largest absolute Gasteiger partial charge is 0.378 e. The van der Waals surface area contributed by atoms with Gasteiger partial charge in [-0.05, 0) is 30.9 Å². The summed E-state index contributed by atoms with van der Waals surface area (Å²) in [7, 11) is 1.77. The van der Waals surface area contributed by atoms with Gasteiger partial charge in [0.25, 0.3) is 0 Å². The van der Waals surface area contributed by atoms with E-state index in [0.29, 0.717) is 19.1 Å². The van der Waals surface area contributed by atoms with Gasteiger partial charge >= 0.3 is 0 Å². The van der Waals surface area contributed by atoms with E-state index in [2.05, 4.69) is 27.0 Å². The van der Waals surface area contributed by atoms with E-state index in [-0.39, 0.29) is 11.8 Å². The van der Waals surface area contributed by atoms with Crippen LogP contribution in [0.4, 0.5) is 5.69 Å². The molecular formula is C21H32N4O2. The molecular weight excluding hydrogens is 340 g/mol. The molecule has 1 aliphatic heterocycles. The smallest absolute Gasteiger partial charge is 0.225 e. The number of hydrogen-bond donors (Lipinski definition) is 3. The summed E-state index contributed by atoms with van der Waals surface area (Å²) in [6, 6.07) is 8.01. The molecule has 1 atom stereocenters. The van der Waals surface area contributed by atoms with Crippen LogP contribution in [0.25, 0.3) is 0 Å². The molecule has 148 valence electrons. The number of para-hydroxylation sites is 1. The molecule has 1 amide bonds. The summed E-state index contributed by atoms with van der Waals surface area (Å²) in [5.74, 6) is 1.00. The molecule has 3 rings (SSSR count). The molecule has 3 N–H and O–H groups in total. The number of fused-ring (bicyclic) bond motifs is 1. The number of rotatable bonds is 7. The van der Waals surface area contributed by atoms with E-state index in [0.717, 1.165) is 31.2 Å². The average Bonchev–Trinajstić information content (AvgIpc) is 2.70. The van der Waals surface area contributed by atoms with Crippen molar-refractivity contribution in [2.24, 2.45) is 4.99 Å². The van der Waals surface area contributed by atoms with E-state index in [4.69, 9.17) is 4.74 Å². The molecule has 1 heterocycles. The zero-order chi connectivity index (χ0) is 18.9. The van der Waals surface area contributed by atoms with Gasteiger partial charge in [0.1, 0.15) is 0 Å². The van der Waals surface area contributed by atoms with Gasteiger partial charge in [-0.15, -0.1) is 0 Å². The molecule has 0 spiro atoms. The van der Waals surface area contributed by atoms with E-state index in [1.807, 2.05) is 18.2 Å². The molecule has 0 aromatic heterocycles. The van der Waals surface area contributed by atoms with Crippen molar-refractivity contribution in [1.29, 1.82) is 0 Å². The number of aliphatic imine (C=N–C) groups is 1. The number of benzene rings is 1. The zero-order valence-corrected chi connectivity index (χ0v) is 16.3. The normalized spacial score (nSPS) is 20.7. The fourth-order valence-electron chi connectivity index (χ4n) is 3.89. The molecule has 0 saturated heterocycles. The van der Waals surface area contributed by atoms with E-state index in [1.54, 1.807) is 7.05 Å². The number of anilines is 1. The van der Waals surface area contributed by atoms with Crippen molar-refractivity contribution in [3.8, 4) is 0 Å². The van der Waals surface area contributed by atoms with Crippen LogP contribution in [-0.2, 0) is 9.53 Å². The molecule has 1 saturated carbocycles. The molecule has 1 aliphatic carbocycles. The van der Waals surface area contributed by atoms with Gasteiger partial charge < -0.3 is 20.7 Å². The summed E-state index contributed by atoms with van der Waals surface area (Å²) >= 11 is 0. The minimum absolute atomic E-state index is 0.0725. The maximum atomic E-state index is 11.9. The SMILES string of the molecule is CN=C(NCCCOC1CCCCC1)NCC1CC(=O)Nc2ccccc21. The Morgan fingerprint density at radius 1 is 1.22 bits per heavy atom. The molecule has 0 radical (unpaired) electrons. The Bertz CT molecular complexity index is 641. The summed E-state index contributed by atoms with van der Waals surface area (Å²) in [5, 5.41) is 9.64. The molecule has 6 heteroatoms. The number of nitrogens with one attached hydrogen (secondary N) is 3. The van der Waals surface area contributed by atoms with Gasteiger partial charge in [-0.1, -0.05) is 37.5 Å². The Balaban J connectivity index is 1.37. The van der Waals surface area contributed by atoms with Gasteiger partial charge in [0.2, 0.25) is 5.91 Å². The van der Waals surface area contributed by atoms with Crippen LogP contribution >= 0.6 is 0 Å². The minimum Gasteiger partial charge on any atom is -0.378 e. The molecule has 27 heavy (non-hydrogen) atoms. The van der Waals surface area contributed by atoms with Crippen molar-refractivity contribution < 1.29 is 9.53 Å². The predicted octanol–water partition coefficient (Wildman–Crippen LogP) is 3.02. The Morgan fingerprint density at radius 3 is 2.85 bits per heavy atom. The first-order valence-electron chi connectivity index (χ1n) is 10.2. The molecule has 0 bridgehead atoms. The number of ether oxygens (including phenoxy) is 1. The van der Waals surface area contributed by atoms with Crippen LogP contribution in [0, 0.1) is 0 Å². The Hall–Kier alpha value is -2.08. The van der Waals surface area contributed by atoms with E-state index < -0.39 is 0 Å². The third-order valence-electron chi connectivity index (χ3n) is 5.37. The van der Waals surface area contributed by atoms with Crippen molar-refractivity contribution in [1.82, 2.24) is 10.6 Å². The van der Waals surface area contributed by atoms with Gasteiger partial charge in [0, 0.05) is 44.8 Å². The van der Waals surface area contributed by atoms with Gasteiger partial charge in [0.15, 0.2) is 5.96 Å². The fraction of sp³-hybridized carbons (Fsp3) is 0.619. The maximum absolute atomic E-state index is 11.9. The second-order valence-electron chi connectivity index (χ2n) is 7.40. The minimum atomic E-state index is 0.0725. The van der Waals surface area contributed by atoms with E-state index in [1.165, 1.54) is 37.7 Å². The lowest BCUT2D eigenvalue weighted by atomic mass is 9.90. The van der Waals surface area contributed by atoms with Crippen molar-refractivity contribution in [3.63, 3.8) is 0 Å². The van der Waals surface area contributed by atoms with Crippen LogP contribution in [0.5, 0.6) is 0 Å². The lowest BCUT2D eigenvalue weighted by molar-refractivity contribution is -0.116. The molecule has 6 nitrogen and oxygen atoms in total. The van der Waals surface area contributed by atoms with Crippen LogP contribution in [0.1, 0.15) is 56.4 Å². The van der Waals surface area contributed by atoms with Crippen molar-refractivity contribution in [3.05, 3.63) is 29.8 Å². The summed E-state index contributed by atoms with van der Waals surface area (Å²) in [5.41, 5.74) is 2.10. The highest BCUT2D eigenvalue weighted by molar-refractivity contribution is 5.94. The second-order valence-corrected chi connectivity index (χ2v) is 7.40. The lowest BCUT2D eigenvalue weighted by Gasteiger charge is -2.26. The van der Waals surface area contributed by atoms with Crippen LogP contribution in [0.2, 0.25) is 0 Å². The topological polar surface area (TPSA) is 74.8 Å². The van der Waals surface area contributed by atoms with Gasteiger partial charge in [-0.3, -0.25) is 9.79 Å². The van der Waals surface area contributed by atoms with Crippen LogP contribution in [0.15, 0.2) is 29.3 Å². The number of carbonyl (C=O) groups excluding carboxylic acids is 1. The first-order valence-corrected chi connectivity index (χ1v) is 10.2. The zero-order valence-electron chi connectivity index (χ0n) is 16.3. The highest BCUT2D eigenvalue weighted by atomic mass is 16.5. The number of hydrogen-bond acceptors (Lipinski definition) is 3. The number of guanidine groups is 1. The summed E-state index contributed by atoms with van der Waals surface area (Å²) in [6.45, 7) is 2.31. The van der Waals surface area contributed by atoms with E-state index in [9.17, 15) is 4.79 Å². The first-order chi connectivity index (χ1) is 13.3. The molecule has 1 aromatic rings. The quantitative estimate of drug-likeness (QED) is 0.391. The summed E-state index contributed by atoms with van der Waals surface area (Å²) in [4.78, 5) is 16.2. The van der Waals surface area contributed by atoms with E-state index >= 15 is 0 Å². The third kappa shape index (κ3) is 5.96. The number of nitrogens with zero attached hydrogens (tertiary/aromatic N) is 1. The number of carbonyl (C=O) groups is 1. The maximum Gasteiger partial charge on any atom is 0.225 e. The third-order valence-corrected chi connectivity index (χ3v) is 5.37. The van der Waals surface area contributed by atoms with Crippen LogP contribution in [0.3, 0.4) is 0 Å². The Labute approximate surface area is 162 Å². The molecule has 1 fully saturated rings. The Kier molecular flexibility index (Phi) is 7.51. The highest BCUT2D eigenvalue weighted by Crippen LogP contribution is 2.31. The lowest BCUT2D eigenvalue weighted by Crippen LogP contribution is -2.41. The van der Waals surface area contributed by atoms with Crippen molar-refractivity contribution in [2.75, 3.05) is 32.1 Å². The van der Waals surface area contributed by atoms with Gasteiger partial charge in [-0.2, -0.15) is 0 Å². The molecule has 1 aromatic carbocycles. The monoisotopic (exact) mass is 372 g/mol. The van der Waals surface area contributed by atoms with Gasteiger partial charge in [0.05, 0.1) is 6.10 Å². The highest BCUT2D eigenvalue weighted by Gasteiger charge is 2.24. The standard InChI is InChI=1S/C21H32N4O2/c1-22-21(23-12-7-13-27-17-8-3-2-4-9-17)24-15-16-14-20(26)25-19-11-6-5-10-18(16)19/h5-6,10-11,16-17H,2-4,7-9,12-15H2,1H3,(H,25,26)(H2,22,23,24). The van der Waals surface area contributed by atoms with Gasteiger partial charge in [-0.25, -0.2) is 0 Å². The van der Waals surface area contributed by atoms with Crippen LogP contribution < -0.4 is 16.0 Å². The predicted molar refractivity (Wildman–Crippen MR) is 109 cm³/mol. The summed E-state index contributed by atoms with van der Waals surface area (Å²) in [6.07, 6.45) is 8.33. The average molecular weight is 373 g/mol. The van der Waals surface area contributed by atoms with Crippen LogP contribution in [-0.4, -0.2) is 44.7 Å².